The maximum Gasteiger partial charge on any atom is 0.341 e. The summed E-state index contributed by atoms with van der Waals surface area (Å²) in [5.41, 5.74) is 6.35. The van der Waals surface area contributed by atoms with E-state index in [4.69, 9.17) is 44.0 Å². The van der Waals surface area contributed by atoms with Crippen LogP contribution < -0.4 is 15.8 Å². The number of carboxylic acid groups (broad SMARTS) is 2. The Morgan fingerprint density at radius 3 is 2.36 bits per heavy atom. The number of nitrogens with two attached hydrogens (primary N) is 1. The second-order valence-corrected chi connectivity index (χ2v) is 6.31. The van der Waals surface area contributed by atoms with E-state index in [9.17, 15) is 14.7 Å². The van der Waals surface area contributed by atoms with Gasteiger partial charge in [0.05, 0.1) is 5.02 Å². The zero-order valence-corrected chi connectivity index (χ0v) is 15.6. The molecule has 1 atom stereocenters. The van der Waals surface area contributed by atoms with E-state index < -0.39 is 24.6 Å². The number of benzene rings is 2. The van der Waals surface area contributed by atoms with Crippen LogP contribution in [0.25, 0.3) is 0 Å². The van der Waals surface area contributed by atoms with Crippen molar-refractivity contribution in [1.82, 2.24) is 0 Å². The topological polar surface area (TPSA) is 154 Å². The van der Waals surface area contributed by atoms with E-state index in [0.717, 1.165) is 0 Å². The number of hydrogen-bond donors (Lipinski definition) is 5. The molecular weight excluding hydrogens is 413 g/mol. The third-order valence-corrected chi connectivity index (χ3v) is 4.03. The highest BCUT2D eigenvalue weighted by atomic mass is 35.5. The van der Waals surface area contributed by atoms with Crippen LogP contribution in [0.3, 0.4) is 0 Å². The largest absolute Gasteiger partial charge is 0.480 e. The lowest BCUT2D eigenvalue weighted by Crippen LogP contribution is -2.22. The summed E-state index contributed by atoms with van der Waals surface area (Å²) < 4.78 is 5.16. The van der Waals surface area contributed by atoms with Crippen molar-refractivity contribution in [3.05, 3.63) is 57.6 Å². The van der Waals surface area contributed by atoms with Crippen LogP contribution in [0.15, 0.2) is 41.6 Å². The molecule has 6 N–H and O–H groups in total. The summed E-state index contributed by atoms with van der Waals surface area (Å²) in [6, 6.07) is 7.36. The van der Waals surface area contributed by atoms with Gasteiger partial charge in [-0.1, -0.05) is 28.4 Å². The zero-order valence-electron chi connectivity index (χ0n) is 14.1. The van der Waals surface area contributed by atoms with Crippen LogP contribution in [0.4, 0.5) is 5.69 Å². The van der Waals surface area contributed by atoms with Crippen LogP contribution in [-0.2, 0) is 9.59 Å². The van der Waals surface area contributed by atoms with Crippen molar-refractivity contribution in [2.45, 2.75) is 6.04 Å². The fourth-order valence-corrected chi connectivity index (χ4v) is 2.88. The first kappa shape index (κ1) is 21.1. The number of hydrogen-bond acceptors (Lipinski definition) is 6. The number of oxime groups is 1. The van der Waals surface area contributed by atoms with Gasteiger partial charge in [-0.3, -0.25) is 0 Å². The van der Waals surface area contributed by atoms with E-state index in [2.05, 4.69) is 10.5 Å². The van der Waals surface area contributed by atoms with Crippen LogP contribution in [0, 0.1) is 0 Å². The number of carbonyl (C=O) groups is 2. The van der Waals surface area contributed by atoms with E-state index in [1.165, 1.54) is 36.4 Å². The smallest absolute Gasteiger partial charge is 0.341 e. The predicted octanol–water partition coefficient (Wildman–Crippen LogP) is 2.79. The first-order valence-corrected chi connectivity index (χ1v) is 8.39. The average Bonchev–Trinajstić information content (AvgIpc) is 2.64. The molecule has 0 aromatic heterocycles. The molecular formula is C17H15Cl2N3O6. The van der Waals surface area contributed by atoms with E-state index in [0.29, 0.717) is 11.3 Å². The molecule has 0 amide bonds. The molecule has 1 unspecified atom stereocenters. The van der Waals surface area contributed by atoms with Gasteiger partial charge in [-0.2, -0.15) is 0 Å². The molecule has 0 heterocycles. The number of aliphatic carboxylic acids is 2. The van der Waals surface area contributed by atoms with Gasteiger partial charge in [-0.25, -0.2) is 9.59 Å². The van der Waals surface area contributed by atoms with Gasteiger partial charge in [0.2, 0.25) is 0 Å². The second-order valence-electron chi connectivity index (χ2n) is 5.47. The Labute approximate surface area is 168 Å². The Hall–Kier alpha value is -3.17. The Bertz CT molecular complexity index is 918. The number of nitrogens with one attached hydrogen (secondary N) is 1. The minimum Gasteiger partial charge on any atom is -0.480 e. The molecule has 2 aromatic rings. The van der Waals surface area contributed by atoms with E-state index in [1.54, 1.807) is 0 Å². The fraction of sp³-hybridized carbons (Fsp3) is 0.118. The summed E-state index contributed by atoms with van der Waals surface area (Å²) in [6.07, 6.45) is 0. The maximum absolute atomic E-state index is 11.8. The number of amidine groups is 1. The normalized spacial score (nSPS) is 12.3. The van der Waals surface area contributed by atoms with Crippen molar-refractivity contribution < 1.29 is 29.7 Å². The van der Waals surface area contributed by atoms with Crippen LogP contribution in [0.2, 0.25) is 10.0 Å². The lowest BCUT2D eigenvalue weighted by atomic mass is 10.0. The van der Waals surface area contributed by atoms with E-state index in [1.807, 2.05) is 0 Å². The molecule has 0 radical (unpaired) electrons. The predicted molar refractivity (Wildman–Crippen MR) is 103 cm³/mol. The van der Waals surface area contributed by atoms with Gasteiger partial charge in [0.1, 0.15) is 5.75 Å². The average molecular weight is 428 g/mol. The monoisotopic (exact) mass is 427 g/mol. The minimum atomic E-state index is -1.35. The SMILES string of the molecule is NC(=NO)c1ccc(NC(C(=O)O)c2cc(Cl)cc(Cl)c2OCC(=O)O)cc1. The van der Waals surface area contributed by atoms with Crippen molar-refractivity contribution >= 4 is 46.7 Å². The van der Waals surface area contributed by atoms with E-state index in [-0.39, 0.29) is 27.2 Å². The highest BCUT2D eigenvalue weighted by Gasteiger charge is 2.26. The first-order valence-electron chi connectivity index (χ1n) is 7.63. The van der Waals surface area contributed by atoms with Gasteiger partial charge in [0.25, 0.3) is 0 Å². The molecule has 2 aromatic carbocycles. The Morgan fingerprint density at radius 1 is 1.18 bits per heavy atom. The quantitative estimate of drug-likeness (QED) is 0.186. The highest BCUT2D eigenvalue weighted by molar-refractivity contribution is 6.35. The van der Waals surface area contributed by atoms with Crippen molar-refractivity contribution in [3.63, 3.8) is 0 Å². The molecule has 0 fully saturated rings. The molecule has 148 valence electrons. The standard InChI is InChI=1S/C17H15Cl2N3O6/c18-9-5-11(15(12(19)6-9)28-7-13(23)24)14(17(25)26)21-10-3-1-8(2-4-10)16(20)22-27/h1-6,14,21,27H,7H2,(H2,20,22)(H,23,24)(H,25,26). The molecule has 0 bridgehead atoms. The lowest BCUT2D eigenvalue weighted by Gasteiger charge is -2.20. The Balaban J connectivity index is 2.40. The summed E-state index contributed by atoms with van der Waals surface area (Å²) in [5, 5.41) is 32.9. The summed E-state index contributed by atoms with van der Waals surface area (Å²) in [7, 11) is 0. The molecule has 0 spiro atoms. The zero-order chi connectivity index (χ0) is 20.8. The van der Waals surface area contributed by atoms with Crippen molar-refractivity contribution in [2.75, 3.05) is 11.9 Å². The summed E-state index contributed by atoms with van der Waals surface area (Å²) in [4.78, 5) is 22.7. The van der Waals surface area contributed by atoms with Gasteiger partial charge in [-0.15, -0.1) is 0 Å². The van der Waals surface area contributed by atoms with Gasteiger partial charge in [0.15, 0.2) is 18.5 Å². The number of nitrogens with zero attached hydrogens (tertiary/aromatic N) is 1. The minimum absolute atomic E-state index is 0.0286. The second kappa shape index (κ2) is 9.16. The molecule has 0 aliphatic rings. The number of carboxylic acids is 2. The van der Waals surface area contributed by atoms with Crippen LogP contribution in [0.5, 0.6) is 5.75 Å². The number of rotatable bonds is 8. The molecule has 2 rings (SSSR count). The van der Waals surface area contributed by atoms with Crippen molar-refractivity contribution in [3.8, 4) is 5.75 Å². The molecule has 0 aliphatic carbocycles. The number of halogens is 2. The van der Waals surface area contributed by atoms with Crippen LogP contribution in [-0.4, -0.2) is 39.8 Å². The molecule has 28 heavy (non-hydrogen) atoms. The van der Waals surface area contributed by atoms with Gasteiger partial charge in [0, 0.05) is 21.8 Å². The number of anilines is 1. The third kappa shape index (κ3) is 5.18. The van der Waals surface area contributed by atoms with Gasteiger partial charge < -0.3 is 31.2 Å². The summed E-state index contributed by atoms with van der Waals surface area (Å²) >= 11 is 12.0. The molecule has 11 heteroatoms. The van der Waals surface area contributed by atoms with Crippen LogP contribution >= 0.6 is 23.2 Å². The van der Waals surface area contributed by atoms with Crippen molar-refractivity contribution in [1.29, 1.82) is 0 Å². The molecule has 0 saturated heterocycles. The summed E-state index contributed by atoms with van der Waals surface area (Å²) in [5.74, 6) is -2.75. The first-order chi connectivity index (χ1) is 13.2. The lowest BCUT2D eigenvalue weighted by molar-refractivity contribution is -0.139. The third-order valence-electron chi connectivity index (χ3n) is 3.53. The van der Waals surface area contributed by atoms with E-state index >= 15 is 0 Å². The number of ether oxygens (including phenoxy) is 1. The maximum atomic E-state index is 11.8. The van der Waals surface area contributed by atoms with Gasteiger partial charge in [-0.05, 0) is 36.4 Å². The fourth-order valence-electron chi connectivity index (χ4n) is 2.32. The highest BCUT2D eigenvalue weighted by Crippen LogP contribution is 2.37. The van der Waals surface area contributed by atoms with Gasteiger partial charge >= 0.3 is 11.9 Å². The Kier molecular flexibility index (Phi) is 6.91. The molecule has 0 aliphatic heterocycles. The molecule has 9 nitrogen and oxygen atoms in total. The molecule has 0 saturated carbocycles. The summed E-state index contributed by atoms with van der Waals surface area (Å²) in [6.45, 7) is -0.713. The van der Waals surface area contributed by atoms with Crippen molar-refractivity contribution in [2.24, 2.45) is 10.9 Å². The Morgan fingerprint density at radius 2 is 1.82 bits per heavy atom. The van der Waals surface area contributed by atoms with Crippen LogP contribution in [0.1, 0.15) is 17.2 Å².